The Morgan fingerprint density at radius 3 is 2.70 bits per heavy atom. The van der Waals surface area contributed by atoms with Gasteiger partial charge < -0.3 is 10.6 Å². The third-order valence-electron chi connectivity index (χ3n) is 4.29. The summed E-state index contributed by atoms with van der Waals surface area (Å²) in [5.74, 6) is 0.189. The van der Waals surface area contributed by atoms with Crippen molar-refractivity contribution in [3.8, 4) is 0 Å². The molecule has 1 amide bonds. The van der Waals surface area contributed by atoms with Gasteiger partial charge in [-0.1, -0.05) is 26.7 Å². The normalized spacial score (nSPS) is 23.3. The van der Waals surface area contributed by atoms with Gasteiger partial charge >= 0.3 is 0 Å². The molecule has 1 saturated heterocycles. The summed E-state index contributed by atoms with van der Waals surface area (Å²) in [6, 6.07) is 0.774. The Morgan fingerprint density at radius 2 is 2.05 bits per heavy atom. The Labute approximate surface area is 124 Å². The number of hydrogen-bond donors (Lipinski definition) is 2. The number of piperidine rings is 1. The van der Waals surface area contributed by atoms with Gasteiger partial charge in [-0.25, -0.2) is 0 Å². The largest absolute Gasteiger partial charge is 0.352 e. The Bertz CT molecular complexity index is 283. The van der Waals surface area contributed by atoms with Gasteiger partial charge in [0, 0.05) is 18.6 Å². The van der Waals surface area contributed by atoms with Crippen molar-refractivity contribution < 1.29 is 4.79 Å². The van der Waals surface area contributed by atoms with Crippen LogP contribution in [0.3, 0.4) is 0 Å². The highest BCUT2D eigenvalue weighted by atomic mass is 16.2. The zero-order valence-corrected chi connectivity index (χ0v) is 13.7. The van der Waals surface area contributed by atoms with Gasteiger partial charge in [0.05, 0.1) is 6.04 Å². The highest BCUT2D eigenvalue weighted by molar-refractivity contribution is 5.81. The van der Waals surface area contributed by atoms with Gasteiger partial charge in [0.1, 0.15) is 0 Å². The second kappa shape index (κ2) is 9.35. The minimum Gasteiger partial charge on any atom is -0.352 e. The summed E-state index contributed by atoms with van der Waals surface area (Å²) in [6.07, 6.45) is 5.87. The summed E-state index contributed by atoms with van der Waals surface area (Å²) in [5.41, 5.74) is 0. The van der Waals surface area contributed by atoms with E-state index in [-0.39, 0.29) is 18.0 Å². The molecule has 2 N–H and O–H groups in total. The lowest BCUT2D eigenvalue weighted by Crippen LogP contribution is -2.55. The molecule has 0 saturated carbocycles. The van der Waals surface area contributed by atoms with Gasteiger partial charge in [-0.15, -0.1) is 0 Å². The summed E-state index contributed by atoms with van der Waals surface area (Å²) in [5, 5.41) is 6.58. The Balaban J connectivity index is 2.52. The number of amides is 1. The third kappa shape index (κ3) is 5.41. The predicted molar refractivity (Wildman–Crippen MR) is 84.9 cm³/mol. The quantitative estimate of drug-likeness (QED) is 0.717. The van der Waals surface area contributed by atoms with Crippen LogP contribution in [0.4, 0.5) is 0 Å². The molecule has 1 fully saturated rings. The number of rotatable bonds is 8. The van der Waals surface area contributed by atoms with E-state index < -0.39 is 0 Å². The summed E-state index contributed by atoms with van der Waals surface area (Å²) < 4.78 is 0. The van der Waals surface area contributed by atoms with E-state index in [1.807, 2.05) is 0 Å². The Kier molecular flexibility index (Phi) is 8.15. The lowest BCUT2D eigenvalue weighted by atomic mass is 9.99. The molecule has 0 aliphatic carbocycles. The lowest BCUT2D eigenvalue weighted by molar-refractivity contribution is -0.128. The van der Waals surface area contributed by atoms with E-state index in [1.165, 1.54) is 19.3 Å². The molecule has 4 heteroatoms. The van der Waals surface area contributed by atoms with Crippen molar-refractivity contribution >= 4 is 5.91 Å². The fourth-order valence-corrected chi connectivity index (χ4v) is 3.08. The minimum atomic E-state index is -0.0155. The van der Waals surface area contributed by atoms with Crippen LogP contribution in [-0.2, 0) is 4.79 Å². The van der Waals surface area contributed by atoms with Crippen LogP contribution in [0.5, 0.6) is 0 Å². The molecule has 1 aliphatic heterocycles. The molecule has 1 rings (SSSR count). The second-order valence-electron chi connectivity index (χ2n) is 6.07. The number of carbonyl (C=O) groups is 1. The molecule has 4 nitrogen and oxygen atoms in total. The average molecular weight is 283 g/mol. The van der Waals surface area contributed by atoms with Crippen LogP contribution in [0.2, 0.25) is 0 Å². The molecule has 0 aromatic heterocycles. The zero-order valence-electron chi connectivity index (χ0n) is 13.7. The van der Waals surface area contributed by atoms with E-state index in [0.29, 0.717) is 6.04 Å². The number of nitrogens with zero attached hydrogens (tertiary/aromatic N) is 1. The maximum atomic E-state index is 12.4. The van der Waals surface area contributed by atoms with Crippen molar-refractivity contribution in [2.75, 3.05) is 19.6 Å². The summed E-state index contributed by atoms with van der Waals surface area (Å²) in [7, 11) is 0. The van der Waals surface area contributed by atoms with Crippen molar-refractivity contribution in [2.24, 2.45) is 0 Å². The molecular formula is C16H33N3O. The molecule has 118 valence electrons. The predicted octanol–water partition coefficient (Wildman–Crippen LogP) is 2.14. The van der Waals surface area contributed by atoms with Crippen LogP contribution in [0.25, 0.3) is 0 Å². The van der Waals surface area contributed by atoms with Crippen LogP contribution in [0.1, 0.15) is 59.8 Å². The fourth-order valence-electron chi connectivity index (χ4n) is 3.08. The lowest BCUT2D eigenvalue weighted by Gasteiger charge is -2.39. The van der Waals surface area contributed by atoms with E-state index in [2.05, 4.69) is 43.2 Å². The van der Waals surface area contributed by atoms with Crippen LogP contribution in [0, 0.1) is 0 Å². The highest BCUT2D eigenvalue weighted by Gasteiger charge is 2.30. The summed E-state index contributed by atoms with van der Waals surface area (Å²) in [4.78, 5) is 14.8. The topological polar surface area (TPSA) is 44.4 Å². The first-order valence-electron chi connectivity index (χ1n) is 8.36. The van der Waals surface area contributed by atoms with Crippen molar-refractivity contribution in [1.29, 1.82) is 0 Å². The summed E-state index contributed by atoms with van der Waals surface area (Å²) >= 11 is 0. The van der Waals surface area contributed by atoms with Crippen LogP contribution < -0.4 is 10.6 Å². The summed E-state index contributed by atoms with van der Waals surface area (Å²) in [6.45, 7) is 11.5. The molecule has 0 spiro atoms. The molecule has 3 atom stereocenters. The van der Waals surface area contributed by atoms with Gasteiger partial charge in [-0.2, -0.15) is 0 Å². The zero-order chi connectivity index (χ0) is 15.0. The molecule has 0 radical (unpaired) electrons. The standard InChI is InChI=1S/C16H33N3O/c1-5-9-13(3)18-16(20)14(4)19-11-8-7-10-15(19)12-17-6-2/h13-15,17H,5-12H2,1-4H3,(H,18,20). The van der Waals surface area contributed by atoms with Gasteiger partial charge in [0.2, 0.25) is 5.91 Å². The van der Waals surface area contributed by atoms with Gasteiger partial charge in [0.15, 0.2) is 0 Å². The van der Waals surface area contributed by atoms with Crippen molar-refractivity contribution in [2.45, 2.75) is 77.9 Å². The molecule has 20 heavy (non-hydrogen) atoms. The molecule has 0 bridgehead atoms. The first-order valence-corrected chi connectivity index (χ1v) is 8.36. The van der Waals surface area contributed by atoms with E-state index in [0.717, 1.165) is 32.5 Å². The van der Waals surface area contributed by atoms with Gasteiger partial charge in [0.25, 0.3) is 0 Å². The third-order valence-corrected chi connectivity index (χ3v) is 4.29. The SMILES string of the molecule is CCCC(C)NC(=O)C(C)N1CCCCC1CNCC. The van der Waals surface area contributed by atoms with Crippen molar-refractivity contribution in [3.63, 3.8) is 0 Å². The minimum absolute atomic E-state index is 0.0155. The molecule has 3 unspecified atom stereocenters. The van der Waals surface area contributed by atoms with E-state index >= 15 is 0 Å². The maximum Gasteiger partial charge on any atom is 0.237 e. The first-order chi connectivity index (χ1) is 9.60. The number of likely N-dealkylation sites (tertiary alicyclic amines) is 1. The highest BCUT2D eigenvalue weighted by Crippen LogP contribution is 2.19. The number of hydrogen-bond acceptors (Lipinski definition) is 3. The maximum absolute atomic E-state index is 12.4. The molecular weight excluding hydrogens is 250 g/mol. The van der Waals surface area contributed by atoms with Crippen molar-refractivity contribution in [1.82, 2.24) is 15.5 Å². The molecule has 0 aromatic rings. The van der Waals surface area contributed by atoms with Crippen LogP contribution >= 0.6 is 0 Å². The molecule has 0 aromatic carbocycles. The fraction of sp³-hybridized carbons (Fsp3) is 0.938. The van der Waals surface area contributed by atoms with E-state index in [9.17, 15) is 4.79 Å². The van der Waals surface area contributed by atoms with E-state index in [4.69, 9.17) is 0 Å². The van der Waals surface area contributed by atoms with Crippen LogP contribution in [-0.4, -0.2) is 48.6 Å². The smallest absolute Gasteiger partial charge is 0.237 e. The molecule has 1 heterocycles. The number of carbonyl (C=O) groups excluding carboxylic acids is 1. The number of likely N-dealkylation sites (N-methyl/N-ethyl adjacent to an activating group) is 1. The Hall–Kier alpha value is -0.610. The number of nitrogens with one attached hydrogen (secondary N) is 2. The van der Waals surface area contributed by atoms with Crippen LogP contribution in [0.15, 0.2) is 0 Å². The second-order valence-corrected chi connectivity index (χ2v) is 6.07. The Morgan fingerprint density at radius 1 is 1.30 bits per heavy atom. The van der Waals surface area contributed by atoms with Crippen molar-refractivity contribution in [3.05, 3.63) is 0 Å². The van der Waals surface area contributed by atoms with Gasteiger partial charge in [-0.05, 0) is 46.2 Å². The monoisotopic (exact) mass is 283 g/mol. The molecule has 1 aliphatic rings. The van der Waals surface area contributed by atoms with Gasteiger partial charge in [-0.3, -0.25) is 9.69 Å². The van der Waals surface area contributed by atoms with E-state index in [1.54, 1.807) is 0 Å². The first kappa shape index (κ1) is 17.4. The average Bonchev–Trinajstić information content (AvgIpc) is 2.44.